The van der Waals surface area contributed by atoms with E-state index in [1.54, 1.807) is 16.8 Å². The summed E-state index contributed by atoms with van der Waals surface area (Å²) in [5.74, 6) is -0.0718. The van der Waals surface area contributed by atoms with E-state index in [9.17, 15) is 9.59 Å². The molecular weight excluding hydrogens is 394 g/mol. The number of hydrogen-bond acceptors (Lipinski definition) is 5. The molecule has 5 rings (SSSR count). The van der Waals surface area contributed by atoms with Crippen molar-refractivity contribution in [1.82, 2.24) is 10.1 Å². The number of nitrogens with zero attached hydrogens (tertiary/aromatic N) is 3. The zero-order chi connectivity index (χ0) is 21.9. The van der Waals surface area contributed by atoms with Gasteiger partial charge in [-0.05, 0) is 30.5 Å². The van der Waals surface area contributed by atoms with E-state index in [4.69, 9.17) is 9.26 Å². The first-order valence-electron chi connectivity index (χ1n) is 10.7. The van der Waals surface area contributed by atoms with Crippen molar-refractivity contribution in [3.63, 3.8) is 0 Å². The summed E-state index contributed by atoms with van der Waals surface area (Å²) < 4.78 is 11.4. The highest BCUT2D eigenvalue weighted by Gasteiger charge is 2.67. The molecule has 1 spiro atoms. The second-order valence-electron chi connectivity index (χ2n) is 9.19. The Morgan fingerprint density at radius 2 is 2.06 bits per heavy atom. The minimum Gasteiger partial charge on any atom is -0.361 e. The van der Waals surface area contributed by atoms with Crippen LogP contribution in [0.2, 0.25) is 0 Å². The molecule has 4 atom stereocenters. The molecule has 3 aliphatic heterocycles. The van der Waals surface area contributed by atoms with E-state index in [1.807, 2.05) is 37.3 Å². The van der Waals surface area contributed by atoms with Crippen molar-refractivity contribution in [3.05, 3.63) is 59.5 Å². The van der Waals surface area contributed by atoms with Crippen molar-refractivity contribution in [2.45, 2.75) is 44.9 Å². The van der Waals surface area contributed by atoms with Crippen molar-refractivity contribution in [3.8, 4) is 0 Å². The number of ether oxygens (including phenoxy) is 1. The van der Waals surface area contributed by atoms with Gasteiger partial charge in [-0.2, -0.15) is 0 Å². The Balaban J connectivity index is 1.39. The summed E-state index contributed by atoms with van der Waals surface area (Å²) in [7, 11) is 1.73. The largest absolute Gasteiger partial charge is 0.361 e. The lowest BCUT2D eigenvalue weighted by Gasteiger charge is -2.27. The van der Waals surface area contributed by atoms with Gasteiger partial charge in [0, 0.05) is 18.8 Å². The second-order valence-corrected chi connectivity index (χ2v) is 9.19. The maximum atomic E-state index is 13.5. The Labute approximate surface area is 181 Å². The van der Waals surface area contributed by atoms with E-state index < -0.39 is 17.4 Å². The van der Waals surface area contributed by atoms with Crippen molar-refractivity contribution >= 4 is 17.5 Å². The topological polar surface area (TPSA) is 75.9 Å². The molecule has 0 aliphatic carbocycles. The number of aryl methyl sites for hydroxylation is 1. The maximum Gasteiger partial charge on any atom is 0.234 e. The van der Waals surface area contributed by atoms with Crippen LogP contribution in [0.25, 0.3) is 0 Å². The van der Waals surface area contributed by atoms with Gasteiger partial charge in [0.15, 0.2) is 0 Å². The van der Waals surface area contributed by atoms with Gasteiger partial charge in [-0.25, -0.2) is 0 Å². The van der Waals surface area contributed by atoms with E-state index in [1.165, 1.54) is 5.56 Å². The minimum absolute atomic E-state index is 0.0480. The van der Waals surface area contributed by atoms with E-state index in [0.29, 0.717) is 30.5 Å². The number of carbonyl (C=O) groups is 2. The van der Waals surface area contributed by atoms with Gasteiger partial charge in [-0.3, -0.25) is 9.59 Å². The Morgan fingerprint density at radius 3 is 2.71 bits per heavy atom. The van der Waals surface area contributed by atoms with Crippen LogP contribution in [0.1, 0.15) is 36.8 Å². The summed E-state index contributed by atoms with van der Waals surface area (Å²) >= 11 is 0. The summed E-state index contributed by atoms with van der Waals surface area (Å²) in [5.41, 5.74) is 2.02. The molecule has 31 heavy (non-hydrogen) atoms. The van der Waals surface area contributed by atoms with Crippen molar-refractivity contribution in [2.75, 3.05) is 18.5 Å². The van der Waals surface area contributed by atoms with Crippen LogP contribution in [-0.2, 0) is 20.9 Å². The summed E-state index contributed by atoms with van der Waals surface area (Å²) in [4.78, 5) is 30.3. The highest BCUT2D eigenvalue weighted by Crippen LogP contribution is 2.53. The van der Waals surface area contributed by atoms with E-state index in [-0.39, 0.29) is 17.9 Å². The lowest BCUT2D eigenvalue weighted by atomic mass is 9.76. The molecule has 2 amide bonds. The third-order valence-electron chi connectivity index (χ3n) is 6.71. The van der Waals surface area contributed by atoms with Gasteiger partial charge < -0.3 is 19.1 Å². The average molecular weight is 421 g/mol. The molecule has 2 fully saturated rings. The Morgan fingerprint density at radius 1 is 1.32 bits per heavy atom. The minimum atomic E-state index is -0.732. The monoisotopic (exact) mass is 421 g/mol. The normalized spacial score (nSPS) is 28.6. The molecule has 0 unspecified atom stereocenters. The first-order chi connectivity index (χ1) is 14.8. The van der Waals surface area contributed by atoms with E-state index in [0.717, 1.165) is 5.69 Å². The predicted molar refractivity (Wildman–Crippen MR) is 114 cm³/mol. The van der Waals surface area contributed by atoms with Crippen molar-refractivity contribution < 1.29 is 18.8 Å². The fraction of sp³-hybridized carbons (Fsp3) is 0.458. The van der Waals surface area contributed by atoms with Crippen LogP contribution in [0, 0.1) is 18.8 Å². The van der Waals surface area contributed by atoms with E-state index in [2.05, 4.69) is 31.1 Å². The highest BCUT2D eigenvalue weighted by atomic mass is 16.5. The van der Waals surface area contributed by atoms with Gasteiger partial charge in [-0.15, -0.1) is 0 Å². The molecule has 1 aromatic heterocycles. The van der Waals surface area contributed by atoms with Crippen LogP contribution < -0.4 is 4.90 Å². The average Bonchev–Trinajstić information content (AvgIpc) is 3.49. The molecule has 7 nitrogen and oxygen atoms in total. The Kier molecular flexibility index (Phi) is 4.55. The number of rotatable bonds is 5. The number of aromatic nitrogens is 1. The van der Waals surface area contributed by atoms with Gasteiger partial charge in [0.05, 0.1) is 31.0 Å². The van der Waals surface area contributed by atoms with E-state index >= 15 is 0 Å². The van der Waals surface area contributed by atoms with Gasteiger partial charge in [-0.1, -0.05) is 43.3 Å². The van der Waals surface area contributed by atoms with Crippen molar-refractivity contribution in [1.29, 1.82) is 0 Å². The van der Waals surface area contributed by atoms with Gasteiger partial charge >= 0.3 is 0 Å². The van der Waals surface area contributed by atoms with Gasteiger partial charge in [0.25, 0.3) is 0 Å². The smallest absolute Gasteiger partial charge is 0.234 e. The first kappa shape index (κ1) is 20.0. The number of amides is 2. The molecule has 3 aliphatic rings. The molecule has 0 radical (unpaired) electrons. The fourth-order valence-electron chi connectivity index (χ4n) is 5.11. The number of carbonyl (C=O) groups excluding carboxylic acids is 2. The van der Waals surface area contributed by atoms with Crippen LogP contribution in [0.4, 0.5) is 5.69 Å². The number of anilines is 1. The zero-order valence-corrected chi connectivity index (χ0v) is 18.2. The first-order valence-corrected chi connectivity index (χ1v) is 10.7. The SMILES string of the molecule is Cc1cc(CN(C)C(=O)[C@H]2[C@@H]3C=C[C@@]4(CN(c5ccc(C(C)C)cc5)C(=O)[C@H]24)O3)no1. The third-order valence-corrected chi connectivity index (χ3v) is 6.71. The number of benzene rings is 1. The molecule has 7 heteroatoms. The van der Waals surface area contributed by atoms with Crippen LogP contribution in [-0.4, -0.2) is 47.2 Å². The molecule has 162 valence electrons. The summed E-state index contributed by atoms with van der Waals surface area (Å²) in [5, 5.41) is 3.97. The number of fused-ring (bicyclic) bond motifs is 1. The Hall–Kier alpha value is -2.93. The molecule has 1 aromatic carbocycles. The van der Waals surface area contributed by atoms with Gasteiger partial charge in [0.1, 0.15) is 17.1 Å². The highest BCUT2D eigenvalue weighted by molar-refractivity contribution is 6.03. The quantitative estimate of drug-likeness (QED) is 0.694. The van der Waals surface area contributed by atoms with Crippen LogP contribution in [0.15, 0.2) is 47.0 Å². The van der Waals surface area contributed by atoms with Gasteiger partial charge in [0.2, 0.25) is 11.8 Å². The molecule has 4 heterocycles. The Bertz CT molecular complexity index is 1060. The zero-order valence-electron chi connectivity index (χ0n) is 18.2. The van der Waals surface area contributed by atoms with Crippen LogP contribution in [0.5, 0.6) is 0 Å². The molecular formula is C24H27N3O4. The maximum absolute atomic E-state index is 13.5. The summed E-state index contributed by atoms with van der Waals surface area (Å²) in [6.45, 7) is 6.86. The lowest BCUT2D eigenvalue weighted by molar-refractivity contribution is -0.139. The standard InChI is InChI=1S/C24H27N3O4/c1-14(2)16-5-7-18(8-6-16)27-13-24-10-9-19(30-24)20(21(24)23(27)29)22(28)26(4)12-17-11-15(3)31-25-17/h5-11,14,19-21H,12-13H2,1-4H3/t19-,20-,21-,24-/m0/s1. The molecule has 2 aromatic rings. The lowest BCUT2D eigenvalue weighted by Crippen LogP contribution is -2.44. The fourth-order valence-corrected chi connectivity index (χ4v) is 5.11. The summed E-state index contributed by atoms with van der Waals surface area (Å²) in [6.07, 6.45) is 3.55. The van der Waals surface area contributed by atoms with Crippen molar-refractivity contribution in [2.24, 2.45) is 11.8 Å². The summed E-state index contributed by atoms with van der Waals surface area (Å²) in [6, 6.07) is 9.90. The number of hydrogen-bond donors (Lipinski definition) is 0. The molecule has 0 N–H and O–H groups in total. The van der Waals surface area contributed by atoms with Crippen LogP contribution in [0.3, 0.4) is 0 Å². The molecule has 2 bridgehead atoms. The molecule has 2 saturated heterocycles. The van der Waals surface area contributed by atoms with Crippen LogP contribution >= 0.6 is 0 Å². The predicted octanol–water partition coefficient (Wildman–Crippen LogP) is 3.05. The second kappa shape index (κ2) is 7.05. The molecule has 0 saturated carbocycles. The third kappa shape index (κ3) is 3.10.